The minimum atomic E-state index is 0.617. The summed E-state index contributed by atoms with van der Waals surface area (Å²) in [4.78, 5) is 0. The van der Waals surface area contributed by atoms with Crippen LogP contribution in [-0.4, -0.2) is 24.2 Å². The first-order valence-corrected chi connectivity index (χ1v) is 4.28. The van der Waals surface area contributed by atoms with Crippen molar-refractivity contribution in [2.24, 2.45) is 0 Å². The Morgan fingerprint density at radius 2 is 2.50 bits per heavy atom. The molecule has 8 heavy (non-hydrogen) atoms. The molecule has 0 saturated carbocycles. The number of rotatable bonds is 4. The van der Waals surface area contributed by atoms with Crippen LogP contribution in [0.15, 0.2) is 0 Å². The van der Waals surface area contributed by atoms with Gasteiger partial charge in [-0.2, -0.15) is 11.8 Å². The average Bonchev–Trinajstić information content (AvgIpc) is 2.51. The molecule has 1 fully saturated rings. The molecule has 0 aromatic rings. The highest BCUT2D eigenvalue weighted by atomic mass is 32.2. The van der Waals surface area contributed by atoms with Gasteiger partial charge in [-0.05, 0) is 12.2 Å². The maximum Gasteiger partial charge on any atom is 0.0900 e. The van der Waals surface area contributed by atoms with Crippen molar-refractivity contribution in [1.29, 1.82) is 0 Å². The zero-order valence-corrected chi connectivity index (χ0v) is 6.04. The van der Waals surface area contributed by atoms with Crippen molar-refractivity contribution in [3.8, 4) is 0 Å². The second kappa shape index (κ2) is 3.36. The Bertz CT molecular complexity index is 61.5. The van der Waals surface area contributed by atoms with Gasteiger partial charge in [-0.3, -0.25) is 0 Å². The quantitative estimate of drug-likeness (QED) is 0.425. The molecule has 1 aliphatic heterocycles. The number of thioether (sulfide) groups is 1. The van der Waals surface area contributed by atoms with Gasteiger partial charge < -0.3 is 4.74 Å². The molecule has 0 aromatic heterocycles. The number of hydrogen-bond donors (Lipinski definition) is 0. The van der Waals surface area contributed by atoms with Gasteiger partial charge in [0.25, 0.3) is 0 Å². The summed E-state index contributed by atoms with van der Waals surface area (Å²) in [6, 6.07) is 0. The topological polar surface area (TPSA) is 12.5 Å². The Morgan fingerprint density at radius 3 is 3.00 bits per heavy atom. The van der Waals surface area contributed by atoms with Crippen LogP contribution in [0.2, 0.25) is 0 Å². The Balaban J connectivity index is 1.74. The molecule has 1 saturated heterocycles. The summed E-state index contributed by atoms with van der Waals surface area (Å²) >= 11 is 2.00. The summed E-state index contributed by atoms with van der Waals surface area (Å²) in [5.74, 6) is 2.51. The first-order chi connectivity index (χ1) is 3.93. The average molecular weight is 132 g/mol. The van der Waals surface area contributed by atoms with E-state index in [1.807, 2.05) is 11.8 Å². The van der Waals surface area contributed by atoms with Crippen molar-refractivity contribution in [2.75, 3.05) is 18.1 Å². The Hall–Kier alpha value is 0.310. The predicted molar refractivity (Wildman–Crippen MR) is 37.4 cm³/mol. The lowest BCUT2D eigenvalue weighted by molar-refractivity contribution is 0.426. The first-order valence-electron chi connectivity index (χ1n) is 3.13. The van der Waals surface area contributed by atoms with E-state index >= 15 is 0 Å². The molecule has 1 nitrogen and oxygen atoms in total. The largest absolute Gasteiger partial charge is 0.372 e. The van der Waals surface area contributed by atoms with E-state index in [1.165, 1.54) is 17.9 Å². The van der Waals surface area contributed by atoms with Crippen LogP contribution >= 0.6 is 11.8 Å². The van der Waals surface area contributed by atoms with Gasteiger partial charge in [0.2, 0.25) is 0 Å². The van der Waals surface area contributed by atoms with Gasteiger partial charge >= 0.3 is 0 Å². The van der Waals surface area contributed by atoms with E-state index in [9.17, 15) is 0 Å². The second-order valence-electron chi connectivity index (χ2n) is 2.03. The van der Waals surface area contributed by atoms with E-state index in [1.54, 1.807) is 0 Å². The van der Waals surface area contributed by atoms with Crippen LogP contribution in [0.4, 0.5) is 0 Å². The lowest BCUT2D eigenvalue weighted by Gasteiger charge is -1.91. The molecule has 2 heteroatoms. The second-order valence-corrected chi connectivity index (χ2v) is 3.18. The third-order valence-corrected chi connectivity index (χ3v) is 2.36. The maximum absolute atomic E-state index is 5.03. The van der Waals surface area contributed by atoms with Crippen LogP contribution in [0.3, 0.4) is 0 Å². The molecule has 0 aromatic carbocycles. The highest BCUT2D eigenvalue weighted by Crippen LogP contribution is 2.15. The van der Waals surface area contributed by atoms with Crippen molar-refractivity contribution >= 4 is 11.8 Å². The van der Waals surface area contributed by atoms with Crippen molar-refractivity contribution in [1.82, 2.24) is 0 Å². The van der Waals surface area contributed by atoms with Crippen LogP contribution in [0.5, 0.6) is 0 Å². The molecule has 0 spiro atoms. The standard InChI is InChI=1S/C6H12OS/c1-2-3-8-5-6-4-7-6/h6H,2-5H2,1H3/t6-/m1/s1. The lowest BCUT2D eigenvalue weighted by atomic mass is 10.6. The fraction of sp³-hybridized carbons (Fsp3) is 1.00. The number of ether oxygens (including phenoxy) is 1. The van der Waals surface area contributed by atoms with E-state index in [-0.39, 0.29) is 0 Å². The Labute approximate surface area is 54.8 Å². The summed E-state index contributed by atoms with van der Waals surface area (Å²) in [5.41, 5.74) is 0. The van der Waals surface area contributed by atoms with Gasteiger partial charge in [-0.1, -0.05) is 6.92 Å². The summed E-state index contributed by atoms with van der Waals surface area (Å²) in [7, 11) is 0. The van der Waals surface area contributed by atoms with Gasteiger partial charge in [0, 0.05) is 5.75 Å². The van der Waals surface area contributed by atoms with Crippen LogP contribution in [-0.2, 0) is 4.74 Å². The molecule has 0 amide bonds. The molecule has 0 bridgehead atoms. The first kappa shape index (κ1) is 6.43. The van der Waals surface area contributed by atoms with Gasteiger partial charge in [0.15, 0.2) is 0 Å². The zero-order chi connectivity index (χ0) is 5.82. The molecule has 48 valence electrons. The minimum absolute atomic E-state index is 0.617. The van der Waals surface area contributed by atoms with Crippen molar-refractivity contribution in [3.63, 3.8) is 0 Å². The monoisotopic (exact) mass is 132 g/mol. The predicted octanol–water partition coefficient (Wildman–Crippen LogP) is 1.53. The van der Waals surface area contributed by atoms with E-state index in [0.717, 1.165) is 6.61 Å². The van der Waals surface area contributed by atoms with E-state index in [4.69, 9.17) is 4.74 Å². The highest BCUT2D eigenvalue weighted by molar-refractivity contribution is 7.99. The van der Waals surface area contributed by atoms with Crippen LogP contribution in [0.1, 0.15) is 13.3 Å². The van der Waals surface area contributed by atoms with Gasteiger partial charge in [-0.15, -0.1) is 0 Å². The SMILES string of the molecule is CCCSC[C@H]1CO1. The number of hydrogen-bond acceptors (Lipinski definition) is 2. The molecular weight excluding hydrogens is 120 g/mol. The van der Waals surface area contributed by atoms with Crippen LogP contribution in [0, 0.1) is 0 Å². The molecule has 0 radical (unpaired) electrons. The smallest absolute Gasteiger partial charge is 0.0900 e. The maximum atomic E-state index is 5.03. The van der Waals surface area contributed by atoms with Gasteiger partial charge in [-0.25, -0.2) is 0 Å². The normalized spacial score (nSPS) is 25.9. The summed E-state index contributed by atoms with van der Waals surface area (Å²) in [6.45, 7) is 3.22. The molecule has 0 aliphatic carbocycles. The third-order valence-electron chi connectivity index (χ3n) is 1.05. The van der Waals surface area contributed by atoms with E-state index in [2.05, 4.69) is 6.92 Å². The van der Waals surface area contributed by atoms with Crippen molar-refractivity contribution in [3.05, 3.63) is 0 Å². The zero-order valence-electron chi connectivity index (χ0n) is 5.22. The fourth-order valence-corrected chi connectivity index (χ4v) is 1.43. The van der Waals surface area contributed by atoms with Gasteiger partial charge in [0.1, 0.15) is 0 Å². The fourth-order valence-electron chi connectivity index (χ4n) is 0.523. The summed E-state index contributed by atoms with van der Waals surface area (Å²) < 4.78 is 5.03. The summed E-state index contributed by atoms with van der Waals surface area (Å²) in [6.07, 6.45) is 1.91. The lowest BCUT2D eigenvalue weighted by Crippen LogP contribution is -1.89. The Morgan fingerprint density at radius 1 is 1.75 bits per heavy atom. The van der Waals surface area contributed by atoms with Crippen LogP contribution < -0.4 is 0 Å². The van der Waals surface area contributed by atoms with Crippen molar-refractivity contribution < 1.29 is 4.74 Å². The molecule has 1 heterocycles. The van der Waals surface area contributed by atoms with E-state index in [0.29, 0.717) is 6.10 Å². The molecule has 1 aliphatic rings. The number of epoxide rings is 1. The Kier molecular flexibility index (Phi) is 2.70. The minimum Gasteiger partial charge on any atom is -0.372 e. The van der Waals surface area contributed by atoms with Gasteiger partial charge in [0.05, 0.1) is 12.7 Å². The van der Waals surface area contributed by atoms with Crippen LogP contribution in [0.25, 0.3) is 0 Å². The molecular formula is C6H12OS. The molecule has 0 unspecified atom stereocenters. The molecule has 1 rings (SSSR count). The molecule has 0 N–H and O–H groups in total. The van der Waals surface area contributed by atoms with Crippen molar-refractivity contribution in [2.45, 2.75) is 19.4 Å². The van der Waals surface area contributed by atoms with E-state index < -0.39 is 0 Å². The third kappa shape index (κ3) is 2.58. The summed E-state index contributed by atoms with van der Waals surface area (Å²) in [5, 5.41) is 0. The highest BCUT2D eigenvalue weighted by Gasteiger charge is 2.21. The molecule has 1 atom stereocenters.